The molecule has 1 heterocycles. The molecule has 0 bridgehead atoms. The molecule has 8 heteroatoms. The van der Waals surface area contributed by atoms with Crippen LogP contribution in [-0.4, -0.2) is 33.2 Å². The predicted molar refractivity (Wildman–Crippen MR) is 95.5 cm³/mol. The average Bonchev–Trinajstić information content (AvgIpc) is 3.04. The Hall–Kier alpha value is -2.79. The molecule has 0 saturated heterocycles. The van der Waals surface area contributed by atoms with Crippen molar-refractivity contribution < 1.29 is 4.79 Å². The fraction of sp³-hybridized carbons (Fsp3) is 0.250. The SMILES string of the molecule is CSC(=Nc1ccc(-n2ccc(C(=O)NC(C)C)n2)cc1)NC#N. The number of carbonyl (C=O) groups is 1. The molecule has 0 aliphatic rings. The number of nitrogens with zero attached hydrogens (tertiary/aromatic N) is 4. The molecule has 1 aromatic heterocycles. The van der Waals surface area contributed by atoms with Crippen molar-refractivity contribution >= 4 is 28.5 Å². The summed E-state index contributed by atoms with van der Waals surface area (Å²) in [7, 11) is 0. The lowest BCUT2D eigenvalue weighted by atomic mass is 10.3. The van der Waals surface area contributed by atoms with Crippen molar-refractivity contribution in [3.63, 3.8) is 0 Å². The molecule has 1 amide bonds. The van der Waals surface area contributed by atoms with E-state index in [-0.39, 0.29) is 11.9 Å². The fourth-order valence-electron chi connectivity index (χ4n) is 1.89. The monoisotopic (exact) mass is 342 g/mol. The Balaban J connectivity index is 2.15. The number of aromatic nitrogens is 2. The van der Waals surface area contributed by atoms with Gasteiger partial charge in [-0.1, -0.05) is 11.8 Å². The van der Waals surface area contributed by atoms with Gasteiger partial charge in [0, 0.05) is 12.2 Å². The zero-order valence-corrected chi connectivity index (χ0v) is 14.5. The van der Waals surface area contributed by atoms with Crippen LogP contribution in [0.5, 0.6) is 0 Å². The summed E-state index contributed by atoms with van der Waals surface area (Å²) in [4.78, 5) is 16.2. The second-order valence-corrected chi connectivity index (χ2v) is 5.94. The number of nitrogens with one attached hydrogen (secondary N) is 2. The van der Waals surface area contributed by atoms with Crippen molar-refractivity contribution in [1.29, 1.82) is 5.26 Å². The summed E-state index contributed by atoms with van der Waals surface area (Å²) in [6.07, 6.45) is 5.42. The van der Waals surface area contributed by atoms with E-state index in [2.05, 4.69) is 20.7 Å². The van der Waals surface area contributed by atoms with E-state index in [9.17, 15) is 4.79 Å². The number of benzene rings is 1. The van der Waals surface area contributed by atoms with Gasteiger partial charge in [-0.15, -0.1) is 0 Å². The largest absolute Gasteiger partial charge is 0.348 e. The first-order valence-corrected chi connectivity index (χ1v) is 8.50. The van der Waals surface area contributed by atoms with Gasteiger partial charge >= 0.3 is 0 Å². The lowest BCUT2D eigenvalue weighted by Gasteiger charge is -2.06. The number of carbonyl (C=O) groups excluding carboxylic acids is 1. The third-order valence-corrected chi connectivity index (χ3v) is 3.52. The maximum Gasteiger partial charge on any atom is 0.271 e. The highest BCUT2D eigenvalue weighted by molar-refractivity contribution is 8.13. The van der Waals surface area contributed by atoms with E-state index in [4.69, 9.17) is 5.26 Å². The van der Waals surface area contributed by atoms with Crippen LogP contribution in [0.25, 0.3) is 5.69 Å². The van der Waals surface area contributed by atoms with Crippen molar-refractivity contribution in [2.45, 2.75) is 19.9 Å². The number of hydrogen-bond acceptors (Lipinski definition) is 5. The molecule has 0 unspecified atom stereocenters. The normalized spacial score (nSPS) is 11.2. The predicted octanol–water partition coefficient (Wildman–Crippen LogP) is 2.43. The van der Waals surface area contributed by atoms with Gasteiger partial charge in [0.1, 0.15) is 0 Å². The molecule has 0 radical (unpaired) electrons. The van der Waals surface area contributed by atoms with Gasteiger partial charge in [-0.3, -0.25) is 10.1 Å². The first-order valence-electron chi connectivity index (χ1n) is 7.28. The minimum atomic E-state index is -0.197. The van der Waals surface area contributed by atoms with E-state index in [0.29, 0.717) is 10.9 Å². The van der Waals surface area contributed by atoms with E-state index in [0.717, 1.165) is 11.4 Å². The Labute approximate surface area is 144 Å². The highest BCUT2D eigenvalue weighted by Gasteiger charge is 2.11. The number of hydrogen-bond donors (Lipinski definition) is 2. The van der Waals surface area contributed by atoms with Crippen molar-refractivity contribution in [3.05, 3.63) is 42.2 Å². The molecule has 24 heavy (non-hydrogen) atoms. The smallest absolute Gasteiger partial charge is 0.271 e. The summed E-state index contributed by atoms with van der Waals surface area (Å²) >= 11 is 1.36. The zero-order chi connectivity index (χ0) is 17.5. The molecule has 1 aromatic carbocycles. The molecule has 0 spiro atoms. The first-order chi connectivity index (χ1) is 11.5. The summed E-state index contributed by atoms with van der Waals surface area (Å²) in [5.74, 6) is -0.197. The minimum absolute atomic E-state index is 0.0625. The van der Waals surface area contributed by atoms with Crippen LogP contribution in [0.1, 0.15) is 24.3 Å². The Bertz CT molecular complexity index is 773. The molecular weight excluding hydrogens is 324 g/mol. The number of amides is 1. The minimum Gasteiger partial charge on any atom is -0.348 e. The molecule has 0 fully saturated rings. The summed E-state index contributed by atoms with van der Waals surface area (Å²) in [5, 5.41) is 18.8. The second-order valence-electron chi connectivity index (χ2n) is 5.15. The van der Waals surface area contributed by atoms with Crippen LogP contribution < -0.4 is 10.6 Å². The van der Waals surface area contributed by atoms with Gasteiger partial charge in [-0.05, 0) is 50.4 Å². The van der Waals surface area contributed by atoms with Gasteiger partial charge in [-0.25, -0.2) is 9.67 Å². The van der Waals surface area contributed by atoms with E-state index in [1.54, 1.807) is 16.9 Å². The van der Waals surface area contributed by atoms with Crippen LogP contribution in [0, 0.1) is 11.5 Å². The van der Waals surface area contributed by atoms with Gasteiger partial charge in [0.15, 0.2) is 17.1 Å². The van der Waals surface area contributed by atoms with E-state index in [1.807, 2.05) is 50.6 Å². The molecule has 2 N–H and O–H groups in total. The number of amidine groups is 1. The van der Waals surface area contributed by atoms with Crippen molar-refractivity contribution in [3.8, 4) is 11.9 Å². The molecule has 0 atom stereocenters. The quantitative estimate of drug-likeness (QED) is 0.385. The highest BCUT2D eigenvalue weighted by atomic mass is 32.2. The highest BCUT2D eigenvalue weighted by Crippen LogP contribution is 2.17. The Kier molecular flexibility index (Phi) is 5.98. The van der Waals surface area contributed by atoms with Gasteiger partial charge in [0.25, 0.3) is 5.91 Å². The molecule has 2 rings (SSSR count). The van der Waals surface area contributed by atoms with Crippen molar-refractivity contribution in [1.82, 2.24) is 20.4 Å². The maximum atomic E-state index is 11.9. The molecule has 2 aromatic rings. The average molecular weight is 342 g/mol. The molecule has 0 saturated carbocycles. The van der Waals surface area contributed by atoms with E-state index >= 15 is 0 Å². The summed E-state index contributed by atoms with van der Waals surface area (Å²) in [6.45, 7) is 3.80. The topological polar surface area (TPSA) is 95.1 Å². The Morgan fingerprint density at radius 2 is 2.04 bits per heavy atom. The van der Waals surface area contributed by atoms with E-state index in [1.165, 1.54) is 11.8 Å². The van der Waals surface area contributed by atoms with Crippen molar-refractivity contribution in [2.24, 2.45) is 4.99 Å². The standard InChI is InChI=1S/C16H18N6OS/c1-11(2)19-15(23)14-8-9-22(21-14)13-6-4-12(5-7-13)20-16(24-3)18-10-17/h4-9,11H,1-3H3,(H,18,20)(H,19,23). The third kappa shape index (κ3) is 4.60. The zero-order valence-electron chi connectivity index (χ0n) is 13.6. The van der Waals surface area contributed by atoms with Crippen LogP contribution >= 0.6 is 11.8 Å². The fourth-order valence-corrected chi connectivity index (χ4v) is 2.24. The number of thioether (sulfide) groups is 1. The van der Waals surface area contributed by atoms with Crippen LogP contribution in [0.3, 0.4) is 0 Å². The molecule has 0 aliphatic carbocycles. The number of rotatable bonds is 4. The van der Waals surface area contributed by atoms with Gasteiger partial charge < -0.3 is 5.32 Å². The van der Waals surface area contributed by atoms with Crippen LogP contribution in [0.4, 0.5) is 5.69 Å². The Morgan fingerprint density at radius 3 is 2.62 bits per heavy atom. The second kappa shape index (κ2) is 8.17. The molecular formula is C16H18N6OS. The first kappa shape index (κ1) is 17.6. The molecule has 7 nitrogen and oxygen atoms in total. The van der Waals surface area contributed by atoms with Crippen LogP contribution in [0.2, 0.25) is 0 Å². The van der Waals surface area contributed by atoms with Gasteiger partial charge in [0.05, 0.1) is 11.4 Å². The number of nitriles is 1. The Morgan fingerprint density at radius 1 is 1.33 bits per heavy atom. The van der Waals surface area contributed by atoms with Gasteiger partial charge in [0.2, 0.25) is 0 Å². The molecule has 0 aliphatic heterocycles. The lowest BCUT2D eigenvalue weighted by Crippen LogP contribution is -2.30. The van der Waals surface area contributed by atoms with Crippen molar-refractivity contribution in [2.75, 3.05) is 6.26 Å². The summed E-state index contributed by atoms with van der Waals surface area (Å²) in [5.41, 5.74) is 1.90. The molecule has 124 valence electrons. The van der Waals surface area contributed by atoms with Crippen LogP contribution in [0.15, 0.2) is 41.5 Å². The van der Waals surface area contributed by atoms with Crippen LogP contribution in [-0.2, 0) is 0 Å². The van der Waals surface area contributed by atoms with Gasteiger partial charge in [-0.2, -0.15) is 10.4 Å². The summed E-state index contributed by atoms with van der Waals surface area (Å²) in [6, 6.07) is 9.07. The lowest BCUT2D eigenvalue weighted by molar-refractivity contribution is 0.0937. The number of aliphatic imine (C=N–C) groups is 1. The third-order valence-electron chi connectivity index (χ3n) is 2.94. The maximum absolute atomic E-state index is 11.9. The van der Waals surface area contributed by atoms with E-state index < -0.39 is 0 Å². The summed E-state index contributed by atoms with van der Waals surface area (Å²) < 4.78 is 1.63.